The van der Waals surface area contributed by atoms with Crippen LogP contribution in [0.25, 0.3) is 22.3 Å². The lowest BCUT2D eigenvalue weighted by molar-refractivity contribution is 0.272. The molecule has 286 valence electrons. The number of rotatable bonds is 20. The van der Waals surface area contributed by atoms with Crippen LogP contribution in [0.2, 0.25) is 0 Å². The van der Waals surface area contributed by atoms with E-state index in [1.165, 1.54) is 0 Å². The molecular formula is C49H45N3O5. The van der Waals surface area contributed by atoms with E-state index in [9.17, 15) is 5.11 Å². The highest BCUT2D eigenvalue weighted by Gasteiger charge is 2.05. The molecule has 8 nitrogen and oxygen atoms in total. The third-order valence-electron chi connectivity index (χ3n) is 9.23. The predicted octanol–water partition coefficient (Wildman–Crippen LogP) is 11.5. The second-order valence-electron chi connectivity index (χ2n) is 13.4. The van der Waals surface area contributed by atoms with Gasteiger partial charge in [-0.3, -0.25) is 4.99 Å². The fourth-order valence-corrected chi connectivity index (χ4v) is 5.99. The van der Waals surface area contributed by atoms with Gasteiger partial charge in [0.25, 0.3) is 0 Å². The molecule has 6 rings (SSSR count). The van der Waals surface area contributed by atoms with Crippen molar-refractivity contribution in [3.8, 4) is 63.1 Å². The molecule has 0 atom stereocenters. The van der Waals surface area contributed by atoms with Gasteiger partial charge in [0.05, 0.1) is 55.4 Å². The summed E-state index contributed by atoms with van der Waals surface area (Å²) in [6.45, 7) is 2.39. The third-order valence-corrected chi connectivity index (χ3v) is 9.23. The Morgan fingerprint density at radius 1 is 0.456 bits per heavy atom. The van der Waals surface area contributed by atoms with Crippen molar-refractivity contribution in [2.75, 3.05) is 26.4 Å². The molecule has 0 heterocycles. The molecular weight excluding hydrogens is 711 g/mol. The Labute approximate surface area is 334 Å². The number of nitriles is 2. The Kier molecular flexibility index (Phi) is 14.7. The van der Waals surface area contributed by atoms with Gasteiger partial charge in [-0.1, -0.05) is 48.5 Å². The monoisotopic (exact) mass is 755 g/mol. The number of benzene rings is 6. The number of aromatic hydroxyl groups is 1. The number of unbranched alkanes of at least 4 members (excludes halogenated alkanes) is 4. The SMILES string of the molecule is N#Cc1ccc(-c2ccc(OCCCCCOc3ccc(N=Cc4ccc(OCCCCCOc5ccc(-c6ccc(C#N)cc6)cc5)c(O)c4)cc3)cc2)cc1. The predicted molar refractivity (Wildman–Crippen MR) is 225 cm³/mol. The normalized spacial score (nSPS) is 10.8. The van der Waals surface area contributed by atoms with Crippen molar-refractivity contribution >= 4 is 11.9 Å². The van der Waals surface area contributed by atoms with Crippen molar-refractivity contribution in [1.82, 2.24) is 0 Å². The van der Waals surface area contributed by atoms with Crippen molar-refractivity contribution in [1.29, 1.82) is 10.5 Å². The van der Waals surface area contributed by atoms with Crippen molar-refractivity contribution in [2.45, 2.75) is 38.5 Å². The first-order chi connectivity index (χ1) is 28.1. The van der Waals surface area contributed by atoms with E-state index in [1.54, 1.807) is 18.3 Å². The van der Waals surface area contributed by atoms with Crippen LogP contribution in [0.5, 0.6) is 28.7 Å². The van der Waals surface area contributed by atoms with Crippen LogP contribution in [0.3, 0.4) is 0 Å². The largest absolute Gasteiger partial charge is 0.504 e. The van der Waals surface area contributed by atoms with Gasteiger partial charge in [0.2, 0.25) is 0 Å². The van der Waals surface area contributed by atoms with E-state index in [1.807, 2.05) is 127 Å². The number of hydrogen-bond donors (Lipinski definition) is 1. The molecule has 6 aromatic rings. The van der Waals surface area contributed by atoms with Crippen LogP contribution >= 0.6 is 0 Å². The van der Waals surface area contributed by atoms with Crippen LogP contribution in [-0.4, -0.2) is 37.7 Å². The van der Waals surface area contributed by atoms with Gasteiger partial charge in [0.15, 0.2) is 11.5 Å². The average molecular weight is 756 g/mol. The van der Waals surface area contributed by atoms with E-state index in [4.69, 9.17) is 29.5 Å². The Balaban J connectivity index is 0.806. The van der Waals surface area contributed by atoms with Crippen LogP contribution in [0.15, 0.2) is 145 Å². The summed E-state index contributed by atoms with van der Waals surface area (Å²) in [6, 6.07) is 48.3. The summed E-state index contributed by atoms with van der Waals surface area (Å²) in [5.41, 5.74) is 7.15. The summed E-state index contributed by atoms with van der Waals surface area (Å²) in [6.07, 6.45) is 7.26. The zero-order valence-electron chi connectivity index (χ0n) is 31.8. The molecule has 6 aromatic carbocycles. The lowest BCUT2D eigenvalue weighted by Crippen LogP contribution is -2.01. The molecule has 0 aliphatic rings. The van der Waals surface area contributed by atoms with Crippen LogP contribution in [0, 0.1) is 22.7 Å². The molecule has 0 saturated heterocycles. The van der Waals surface area contributed by atoms with Gasteiger partial charge in [-0.2, -0.15) is 10.5 Å². The fourth-order valence-electron chi connectivity index (χ4n) is 5.99. The van der Waals surface area contributed by atoms with Crippen molar-refractivity contribution in [2.24, 2.45) is 4.99 Å². The smallest absolute Gasteiger partial charge is 0.160 e. The standard InChI is InChI=1S/C49H45N3O5/c50-34-37-7-12-40(13-8-37)42-16-22-45(23-17-42)54-29-3-1-4-31-56-47-26-20-44(21-27-47)52-36-39-11-28-49(48(53)33-39)57-32-6-2-5-30-55-46-24-18-43(19-25-46)41-14-9-38(35-51)10-15-41/h7-28,33,36,53H,1-6,29-32H2. The average Bonchev–Trinajstić information content (AvgIpc) is 3.26. The lowest BCUT2D eigenvalue weighted by atomic mass is 10.0. The lowest BCUT2D eigenvalue weighted by Gasteiger charge is -2.10. The van der Waals surface area contributed by atoms with Crippen LogP contribution < -0.4 is 18.9 Å². The van der Waals surface area contributed by atoms with Crippen LogP contribution in [0.4, 0.5) is 5.69 Å². The van der Waals surface area contributed by atoms with Gasteiger partial charge in [0.1, 0.15) is 17.2 Å². The van der Waals surface area contributed by atoms with Gasteiger partial charge in [-0.05, 0) is 157 Å². The summed E-state index contributed by atoms with van der Waals surface area (Å²) in [4.78, 5) is 4.54. The zero-order valence-corrected chi connectivity index (χ0v) is 31.8. The number of aliphatic imine (C=N–C) groups is 1. The van der Waals surface area contributed by atoms with E-state index in [0.717, 1.165) is 89.3 Å². The van der Waals surface area contributed by atoms with Gasteiger partial charge < -0.3 is 24.1 Å². The number of phenolic OH excluding ortho intramolecular Hbond substituents is 1. The van der Waals surface area contributed by atoms with Crippen molar-refractivity contribution < 1.29 is 24.1 Å². The van der Waals surface area contributed by atoms with E-state index in [-0.39, 0.29) is 5.75 Å². The molecule has 0 aliphatic carbocycles. The highest BCUT2D eigenvalue weighted by Crippen LogP contribution is 2.28. The van der Waals surface area contributed by atoms with Gasteiger partial charge in [-0.25, -0.2) is 0 Å². The van der Waals surface area contributed by atoms with Gasteiger partial charge in [0, 0.05) is 6.21 Å². The molecule has 0 unspecified atom stereocenters. The second kappa shape index (κ2) is 21.2. The molecule has 0 aromatic heterocycles. The quantitative estimate of drug-likeness (QED) is 0.0609. The minimum atomic E-state index is 0.0804. The summed E-state index contributed by atoms with van der Waals surface area (Å²) >= 11 is 0. The maximum atomic E-state index is 10.5. The highest BCUT2D eigenvalue weighted by atomic mass is 16.5. The zero-order chi connectivity index (χ0) is 39.5. The summed E-state index contributed by atoms with van der Waals surface area (Å²) < 4.78 is 23.5. The van der Waals surface area contributed by atoms with Crippen molar-refractivity contribution in [3.63, 3.8) is 0 Å². The summed E-state index contributed by atoms with van der Waals surface area (Å²) in [5, 5.41) is 28.5. The Bertz CT molecular complexity index is 2260. The minimum absolute atomic E-state index is 0.0804. The number of ether oxygens (including phenoxy) is 4. The topological polar surface area (TPSA) is 117 Å². The molecule has 0 saturated carbocycles. The maximum Gasteiger partial charge on any atom is 0.160 e. The van der Waals surface area contributed by atoms with E-state index in [2.05, 4.69) is 17.1 Å². The second-order valence-corrected chi connectivity index (χ2v) is 13.4. The first-order valence-electron chi connectivity index (χ1n) is 19.3. The molecule has 8 heteroatoms. The minimum Gasteiger partial charge on any atom is -0.504 e. The highest BCUT2D eigenvalue weighted by molar-refractivity contribution is 5.83. The van der Waals surface area contributed by atoms with Gasteiger partial charge in [-0.15, -0.1) is 0 Å². The molecule has 57 heavy (non-hydrogen) atoms. The molecule has 0 aliphatic heterocycles. The Hall–Kier alpha value is -7.03. The molecule has 0 bridgehead atoms. The van der Waals surface area contributed by atoms with E-state index in [0.29, 0.717) is 43.3 Å². The summed E-state index contributed by atoms with van der Waals surface area (Å²) in [7, 11) is 0. The molecule has 1 N–H and O–H groups in total. The molecule has 0 radical (unpaired) electrons. The number of nitrogens with zero attached hydrogens (tertiary/aromatic N) is 3. The summed E-state index contributed by atoms with van der Waals surface area (Å²) in [5.74, 6) is 3.00. The maximum absolute atomic E-state index is 10.5. The third kappa shape index (κ3) is 12.5. The fraction of sp³-hybridized carbons (Fsp3) is 0.204. The Morgan fingerprint density at radius 3 is 1.25 bits per heavy atom. The van der Waals surface area contributed by atoms with Crippen molar-refractivity contribution in [3.05, 3.63) is 156 Å². The first-order valence-corrected chi connectivity index (χ1v) is 19.3. The van der Waals surface area contributed by atoms with E-state index < -0.39 is 0 Å². The van der Waals surface area contributed by atoms with Crippen LogP contribution in [-0.2, 0) is 0 Å². The van der Waals surface area contributed by atoms with Gasteiger partial charge >= 0.3 is 0 Å². The molecule has 0 fully saturated rings. The van der Waals surface area contributed by atoms with E-state index >= 15 is 0 Å². The molecule has 0 amide bonds. The Morgan fingerprint density at radius 2 is 0.842 bits per heavy atom. The molecule has 0 spiro atoms. The number of phenols is 1. The first kappa shape index (κ1) is 39.7. The van der Waals surface area contributed by atoms with Crippen LogP contribution in [0.1, 0.15) is 55.2 Å². The number of hydrogen-bond acceptors (Lipinski definition) is 8.